The fraction of sp³-hybridized carbons (Fsp3) is 0.800. The van der Waals surface area contributed by atoms with Crippen LogP contribution in [-0.2, 0) is 14.3 Å². The van der Waals surface area contributed by atoms with Crippen molar-refractivity contribution in [2.24, 2.45) is 0 Å². The predicted molar refractivity (Wildman–Crippen MR) is 74.3 cm³/mol. The maximum atomic E-state index is 11.2. The van der Waals surface area contributed by atoms with Crippen LogP contribution in [0, 0.1) is 0 Å². The van der Waals surface area contributed by atoms with Gasteiger partial charge < -0.3 is 9.47 Å². The average molecular weight is 256 g/mol. The first-order valence-corrected chi connectivity index (χ1v) is 7.19. The molecule has 0 amide bonds. The second-order valence-corrected chi connectivity index (χ2v) is 4.50. The molecule has 106 valence electrons. The standard InChI is InChI=1S/C15H28O3/c1-4-7-9-11-13-17-15(12-10-8-5-2)18-14(16)6-3/h6,15H,3-5,7-13H2,1-2H3. The maximum absolute atomic E-state index is 11.2. The SMILES string of the molecule is C=CC(=O)OC(CCCCC)OCCCCCC. The highest BCUT2D eigenvalue weighted by Gasteiger charge is 2.12. The Morgan fingerprint density at radius 3 is 2.39 bits per heavy atom. The van der Waals surface area contributed by atoms with Crippen molar-refractivity contribution in [2.45, 2.75) is 71.5 Å². The van der Waals surface area contributed by atoms with Gasteiger partial charge in [-0.3, -0.25) is 0 Å². The van der Waals surface area contributed by atoms with Crippen LogP contribution in [0.3, 0.4) is 0 Å². The molecule has 0 saturated carbocycles. The average Bonchev–Trinajstić information content (AvgIpc) is 2.38. The van der Waals surface area contributed by atoms with Crippen LogP contribution in [0.2, 0.25) is 0 Å². The molecule has 0 aromatic rings. The zero-order valence-electron chi connectivity index (χ0n) is 12.0. The van der Waals surface area contributed by atoms with Crippen LogP contribution in [0.1, 0.15) is 65.2 Å². The lowest BCUT2D eigenvalue weighted by molar-refractivity contribution is -0.174. The zero-order chi connectivity index (χ0) is 13.6. The summed E-state index contributed by atoms with van der Waals surface area (Å²) >= 11 is 0. The molecule has 3 heteroatoms. The van der Waals surface area contributed by atoms with Crippen LogP contribution in [0.15, 0.2) is 12.7 Å². The molecule has 1 unspecified atom stereocenters. The van der Waals surface area contributed by atoms with Gasteiger partial charge in [-0.15, -0.1) is 0 Å². The van der Waals surface area contributed by atoms with Gasteiger partial charge >= 0.3 is 5.97 Å². The van der Waals surface area contributed by atoms with Crippen LogP contribution >= 0.6 is 0 Å². The summed E-state index contributed by atoms with van der Waals surface area (Å²) in [5, 5.41) is 0. The van der Waals surface area contributed by atoms with Crippen LogP contribution in [-0.4, -0.2) is 18.9 Å². The lowest BCUT2D eigenvalue weighted by Gasteiger charge is -2.17. The van der Waals surface area contributed by atoms with Gasteiger partial charge in [0, 0.05) is 12.5 Å². The third-order valence-electron chi connectivity index (χ3n) is 2.76. The number of ether oxygens (including phenoxy) is 2. The monoisotopic (exact) mass is 256 g/mol. The van der Waals surface area contributed by atoms with E-state index in [0.717, 1.165) is 32.1 Å². The minimum atomic E-state index is -0.399. The van der Waals surface area contributed by atoms with E-state index >= 15 is 0 Å². The number of carbonyl (C=O) groups is 1. The summed E-state index contributed by atoms with van der Waals surface area (Å²) in [6.07, 6.45) is 9.54. The first-order valence-electron chi connectivity index (χ1n) is 7.19. The van der Waals surface area contributed by atoms with Gasteiger partial charge in [-0.25, -0.2) is 4.79 Å². The van der Waals surface area contributed by atoms with Gasteiger partial charge in [0.25, 0.3) is 0 Å². The second kappa shape index (κ2) is 12.6. The molecule has 0 radical (unpaired) electrons. The molecule has 0 rings (SSSR count). The molecule has 0 aliphatic carbocycles. The number of esters is 1. The summed E-state index contributed by atoms with van der Waals surface area (Å²) < 4.78 is 10.8. The van der Waals surface area contributed by atoms with E-state index in [2.05, 4.69) is 20.4 Å². The van der Waals surface area contributed by atoms with Gasteiger partial charge in [0.05, 0.1) is 6.61 Å². The Balaban J connectivity index is 3.80. The number of rotatable bonds is 12. The number of carbonyl (C=O) groups excluding carboxylic acids is 1. The first kappa shape index (κ1) is 17.2. The Labute approximate surface area is 112 Å². The van der Waals surface area contributed by atoms with Crippen LogP contribution < -0.4 is 0 Å². The molecule has 0 N–H and O–H groups in total. The summed E-state index contributed by atoms with van der Waals surface area (Å²) in [6, 6.07) is 0. The van der Waals surface area contributed by atoms with Gasteiger partial charge in [0.1, 0.15) is 0 Å². The van der Waals surface area contributed by atoms with Crippen molar-refractivity contribution >= 4 is 5.97 Å². The highest BCUT2D eigenvalue weighted by molar-refractivity contribution is 5.81. The number of hydrogen-bond acceptors (Lipinski definition) is 3. The Morgan fingerprint density at radius 2 is 1.78 bits per heavy atom. The maximum Gasteiger partial charge on any atom is 0.332 e. The molecule has 0 aromatic carbocycles. The van der Waals surface area contributed by atoms with Gasteiger partial charge in [0.2, 0.25) is 6.29 Å². The lowest BCUT2D eigenvalue weighted by Crippen LogP contribution is -2.21. The lowest BCUT2D eigenvalue weighted by atomic mass is 10.2. The van der Waals surface area contributed by atoms with Crippen LogP contribution in [0.4, 0.5) is 0 Å². The normalized spacial score (nSPS) is 12.1. The van der Waals surface area contributed by atoms with Crippen molar-refractivity contribution in [2.75, 3.05) is 6.61 Å². The summed E-state index contributed by atoms with van der Waals surface area (Å²) in [5.74, 6) is -0.398. The number of unbranched alkanes of at least 4 members (excludes halogenated alkanes) is 5. The predicted octanol–water partition coefficient (Wildman–Crippen LogP) is 4.22. The fourth-order valence-corrected chi connectivity index (χ4v) is 1.66. The highest BCUT2D eigenvalue weighted by Crippen LogP contribution is 2.10. The van der Waals surface area contributed by atoms with E-state index in [4.69, 9.17) is 9.47 Å². The van der Waals surface area contributed by atoms with Crippen molar-refractivity contribution < 1.29 is 14.3 Å². The van der Waals surface area contributed by atoms with Crippen molar-refractivity contribution in [1.29, 1.82) is 0 Å². The third-order valence-corrected chi connectivity index (χ3v) is 2.76. The fourth-order valence-electron chi connectivity index (χ4n) is 1.66. The van der Waals surface area contributed by atoms with Gasteiger partial charge in [-0.05, 0) is 12.8 Å². The third kappa shape index (κ3) is 10.3. The largest absolute Gasteiger partial charge is 0.433 e. The van der Waals surface area contributed by atoms with Crippen LogP contribution in [0.25, 0.3) is 0 Å². The van der Waals surface area contributed by atoms with Crippen molar-refractivity contribution in [3.8, 4) is 0 Å². The first-order chi connectivity index (χ1) is 8.74. The van der Waals surface area contributed by atoms with E-state index < -0.39 is 12.3 Å². The molecular weight excluding hydrogens is 228 g/mol. The summed E-state index contributed by atoms with van der Waals surface area (Å²) in [6.45, 7) is 8.40. The Kier molecular flexibility index (Phi) is 12.0. The molecule has 0 aliphatic rings. The van der Waals surface area contributed by atoms with Crippen molar-refractivity contribution in [3.63, 3.8) is 0 Å². The number of hydrogen-bond donors (Lipinski definition) is 0. The van der Waals surface area contributed by atoms with E-state index in [1.807, 2.05) is 0 Å². The molecule has 18 heavy (non-hydrogen) atoms. The van der Waals surface area contributed by atoms with Gasteiger partial charge in [0.15, 0.2) is 0 Å². The molecule has 0 bridgehead atoms. The summed E-state index contributed by atoms with van der Waals surface area (Å²) in [5.41, 5.74) is 0. The smallest absolute Gasteiger partial charge is 0.332 e. The van der Waals surface area contributed by atoms with E-state index in [1.165, 1.54) is 25.3 Å². The highest BCUT2D eigenvalue weighted by atomic mass is 16.7. The Morgan fingerprint density at radius 1 is 1.11 bits per heavy atom. The summed E-state index contributed by atoms with van der Waals surface area (Å²) in [4.78, 5) is 11.2. The minimum Gasteiger partial charge on any atom is -0.433 e. The molecule has 0 heterocycles. The molecule has 0 aromatic heterocycles. The van der Waals surface area contributed by atoms with Gasteiger partial charge in [-0.1, -0.05) is 52.5 Å². The van der Waals surface area contributed by atoms with E-state index in [-0.39, 0.29) is 0 Å². The van der Waals surface area contributed by atoms with E-state index in [1.54, 1.807) is 0 Å². The molecule has 0 fully saturated rings. The van der Waals surface area contributed by atoms with E-state index in [0.29, 0.717) is 6.61 Å². The van der Waals surface area contributed by atoms with E-state index in [9.17, 15) is 4.79 Å². The Hall–Kier alpha value is -0.830. The molecule has 1 atom stereocenters. The van der Waals surface area contributed by atoms with Crippen molar-refractivity contribution in [3.05, 3.63) is 12.7 Å². The quantitative estimate of drug-likeness (QED) is 0.227. The molecule has 0 saturated heterocycles. The summed E-state index contributed by atoms with van der Waals surface area (Å²) in [7, 11) is 0. The molecule has 3 nitrogen and oxygen atoms in total. The topological polar surface area (TPSA) is 35.5 Å². The second-order valence-electron chi connectivity index (χ2n) is 4.50. The van der Waals surface area contributed by atoms with Gasteiger partial charge in [-0.2, -0.15) is 0 Å². The van der Waals surface area contributed by atoms with Crippen LogP contribution in [0.5, 0.6) is 0 Å². The minimum absolute atomic E-state index is 0.398. The molecule has 0 spiro atoms. The van der Waals surface area contributed by atoms with Crippen molar-refractivity contribution in [1.82, 2.24) is 0 Å². The molecule has 0 aliphatic heterocycles. The zero-order valence-corrected chi connectivity index (χ0v) is 12.0. The molecular formula is C15H28O3. The Bertz CT molecular complexity index is 214.